The molecular formula is C14H22N2O2. The standard InChI is InChI=1S/C14H22N2O2/c1-3-15-9-8-14(17)16-10-7-12-5-4-6-13(11-12)18-2/h4-6,11,15H,3,7-10H2,1-2H3,(H,16,17). The van der Waals surface area contributed by atoms with E-state index >= 15 is 0 Å². The van der Waals surface area contributed by atoms with Crippen LogP contribution in [0.2, 0.25) is 0 Å². The van der Waals surface area contributed by atoms with Gasteiger partial charge in [0.25, 0.3) is 0 Å². The molecule has 0 heterocycles. The van der Waals surface area contributed by atoms with Crippen molar-refractivity contribution in [1.82, 2.24) is 10.6 Å². The number of amides is 1. The molecule has 0 aliphatic heterocycles. The second-order valence-corrected chi connectivity index (χ2v) is 4.06. The van der Waals surface area contributed by atoms with E-state index in [0.717, 1.165) is 25.3 Å². The van der Waals surface area contributed by atoms with Crippen LogP contribution in [0.4, 0.5) is 0 Å². The van der Waals surface area contributed by atoms with Crippen LogP contribution in [0.1, 0.15) is 18.9 Å². The highest BCUT2D eigenvalue weighted by Gasteiger charge is 2.00. The SMILES string of the molecule is CCNCCC(=O)NCCc1cccc(OC)c1. The average Bonchev–Trinajstić information content (AvgIpc) is 2.39. The number of rotatable bonds is 8. The van der Waals surface area contributed by atoms with E-state index in [1.54, 1.807) is 7.11 Å². The summed E-state index contributed by atoms with van der Waals surface area (Å²) in [4.78, 5) is 11.5. The Kier molecular flexibility index (Phi) is 6.87. The van der Waals surface area contributed by atoms with Gasteiger partial charge in [-0.25, -0.2) is 0 Å². The Morgan fingerprint density at radius 2 is 2.17 bits per heavy atom. The van der Waals surface area contributed by atoms with Crippen molar-refractivity contribution in [2.45, 2.75) is 19.8 Å². The second kappa shape index (κ2) is 8.53. The molecule has 0 saturated carbocycles. The lowest BCUT2D eigenvalue weighted by Gasteiger charge is -2.07. The number of benzene rings is 1. The zero-order valence-electron chi connectivity index (χ0n) is 11.2. The fourth-order valence-corrected chi connectivity index (χ4v) is 1.64. The van der Waals surface area contributed by atoms with Gasteiger partial charge in [-0.3, -0.25) is 4.79 Å². The lowest BCUT2D eigenvalue weighted by molar-refractivity contribution is -0.120. The van der Waals surface area contributed by atoms with Crippen LogP contribution in [-0.4, -0.2) is 32.7 Å². The highest BCUT2D eigenvalue weighted by molar-refractivity contribution is 5.76. The van der Waals surface area contributed by atoms with E-state index in [1.165, 1.54) is 5.56 Å². The molecule has 0 aliphatic rings. The molecule has 0 fully saturated rings. The van der Waals surface area contributed by atoms with E-state index in [0.29, 0.717) is 13.0 Å². The van der Waals surface area contributed by atoms with E-state index in [-0.39, 0.29) is 5.91 Å². The van der Waals surface area contributed by atoms with Gasteiger partial charge in [0.1, 0.15) is 5.75 Å². The molecule has 4 nitrogen and oxygen atoms in total. The predicted molar refractivity (Wildman–Crippen MR) is 72.9 cm³/mol. The molecule has 18 heavy (non-hydrogen) atoms. The topological polar surface area (TPSA) is 50.4 Å². The third kappa shape index (κ3) is 5.68. The van der Waals surface area contributed by atoms with Gasteiger partial charge in [0.2, 0.25) is 5.91 Å². The molecule has 0 unspecified atom stereocenters. The van der Waals surface area contributed by atoms with Gasteiger partial charge in [-0.1, -0.05) is 19.1 Å². The third-order valence-corrected chi connectivity index (χ3v) is 2.65. The third-order valence-electron chi connectivity index (χ3n) is 2.65. The molecule has 0 bridgehead atoms. The molecule has 1 aromatic rings. The molecular weight excluding hydrogens is 228 g/mol. The Labute approximate surface area is 109 Å². The van der Waals surface area contributed by atoms with Gasteiger partial charge in [0.05, 0.1) is 7.11 Å². The zero-order valence-corrected chi connectivity index (χ0v) is 11.2. The molecule has 2 N–H and O–H groups in total. The van der Waals surface area contributed by atoms with Crippen LogP contribution in [-0.2, 0) is 11.2 Å². The normalized spacial score (nSPS) is 10.1. The van der Waals surface area contributed by atoms with Crippen molar-refractivity contribution in [2.24, 2.45) is 0 Å². The summed E-state index contributed by atoms with van der Waals surface area (Å²) in [6.45, 7) is 4.33. The first-order chi connectivity index (χ1) is 8.76. The molecule has 1 amide bonds. The second-order valence-electron chi connectivity index (χ2n) is 4.06. The van der Waals surface area contributed by atoms with Crippen LogP contribution in [0, 0.1) is 0 Å². The Morgan fingerprint density at radius 3 is 2.89 bits per heavy atom. The fraction of sp³-hybridized carbons (Fsp3) is 0.500. The minimum atomic E-state index is 0.0962. The molecule has 1 aromatic carbocycles. The summed E-state index contributed by atoms with van der Waals surface area (Å²) in [5, 5.41) is 6.03. The van der Waals surface area contributed by atoms with Crippen LogP contribution in [0.25, 0.3) is 0 Å². The van der Waals surface area contributed by atoms with E-state index in [1.807, 2.05) is 31.2 Å². The van der Waals surface area contributed by atoms with E-state index in [4.69, 9.17) is 4.74 Å². The lowest BCUT2D eigenvalue weighted by Crippen LogP contribution is -2.29. The van der Waals surface area contributed by atoms with Gasteiger partial charge in [-0.15, -0.1) is 0 Å². The smallest absolute Gasteiger partial charge is 0.221 e. The summed E-state index contributed by atoms with van der Waals surface area (Å²) >= 11 is 0. The first kappa shape index (κ1) is 14.5. The monoisotopic (exact) mass is 250 g/mol. The maximum atomic E-state index is 11.5. The highest BCUT2D eigenvalue weighted by atomic mass is 16.5. The van der Waals surface area contributed by atoms with Crippen molar-refractivity contribution in [3.8, 4) is 5.75 Å². The summed E-state index contributed by atoms with van der Waals surface area (Å²) in [6, 6.07) is 7.90. The van der Waals surface area contributed by atoms with Gasteiger partial charge >= 0.3 is 0 Å². The lowest BCUT2D eigenvalue weighted by atomic mass is 10.1. The Hall–Kier alpha value is -1.55. The summed E-state index contributed by atoms with van der Waals surface area (Å²) in [5.74, 6) is 0.949. The molecule has 100 valence electrons. The maximum Gasteiger partial charge on any atom is 0.221 e. The Balaban J connectivity index is 2.22. The van der Waals surface area contributed by atoms with Gasteiger partial charge in [-0.05, 0) is 30.7 Å². The van der Waals surface area contributed by atoms with Crippen LogP contribution in [0.5, 0.6) is 5.75 Å². The molecule has 0 spiro atoms. The molecule has 0 aliphatic carbocycles. The number of hydrogen-bond acceptors (Lipinski definition) is 3. The van der Waals surface area contributed by atoms with Crippen molar-refractivity contribution < 1.29 is 9.53 Å². The number of carbonyl (C=O) groups is 1. The number of ether oxygens (including phenoxy) is 1. The summed E-state index contributed by atoms with van der Waals surface area (Å²) < 4.78 is 5.15. The van der Waals surface area contributed by atoms with Crippen molar-refractivity contribution in [1.29, 1.82) is 0 Å². The van der Waals surface area contributed by atoms with Gasteiger partial charge in [0, 0.05) is 19.5 Å². The highest BCUT2D eigenvalue weighted by Crippen LogP contribution is 2.12. The quantitative estimate of drug-likeness (QED) is 0.685. The molecule has 1 rings (SSSR count). The summed E-state index contributed by atoms with van der Waals surface area (Å²) in [7, 11) is 1.65. The average molecular weight is 250 g/mol. The maximum absolute atomic E-state index is 11.5. The van der Waals surface area contributed by atoms with Crippen LogP contribution >= 0.6 is 0 Å². The van der Waals surface area contributed by atoms with Crippen molar-refractivity contribution in [2.75, 3.05) is 26.7 Å². The first-order valence-electron chi connectivity index (χ1n) is 6.36. The van der Waals surface area contributed by atoms with Crippen molar-refractivity contribution in [3.05, 3.63) is 29.8 Å². The Bertz CT molecular complexity index is 367. The number of hydrogen-bond donors (Lipinski definition) is 2. The van der Waals surface area contributed by atoms with Crippen LogP contribution in [0.3, 0.4) is 0 Å². The molecule has 0 saturated heterocycles. The van der Waals surface area contributed by atoms with Crippen molar-refractivity contribution in [3.63, 3.8) is 0 Å². The van der Waals surface area contributed by atoms with E-state index < -0.39 is 0 Å². The molecule has 4 heteroatoms. The largest absolute Gasteiger partial charge is 0.497 e. The van der Waals surface area contributed by atoms with Gasteiger partial charge in [-0.2, -0.15) is 0 Å². The number of nitrogens with one attached hydrogen (secondary N) is 2. The number of methoxy groups -OCH3 is 1. The predicted octanol–water partition coefficient (Wildman–Crippen LogP) is 1.35. The number of carbonyl (C=O) groups excluding carboxylic acids is 1. The van der Waals surface area contributed by atoms with E-state index in [2.05, 4.69) is 10.6 Å². The van der Waals surface area contributed by atoms with Gasteiger partial charge in [0.15, 0.2) is 0 Å². The van der Waals surface area contributed by atoms with Gasteiger partial charge < -0.3 is 15.4 Å². The summed E-state index contributed by atoms with van der Waals surface area (Å²) in [5.41, 5.74) is 1.17. The Morgan fingerprint density at radius 1 is 1.33 bits per heavy atom. The van der Waals surface area contributed by atoms with Crippen molar-refractivity contribution >= 4 is 5.91 Å². The van der Waals surface area contributed by atoms with E-state index in [9.17, 15) is 4.79 Å². The fourth-order valence-electron chi connectivity index (χ4n) is 1.64. The minimum absolute atomic E-state index is 0.0962. The molecule has 0 aromatic heterocycles. The molecule has 0 atom stereocenters. The minimum Gasteiger partial charge on any atom is -0.497 e. The van der Waals surface area contributed by atoms with Crippen LogP contribution < -0.4 is 15.4 Å². The first-order valence-corrected chi connectivity index (χ1v) is 6.36. The van der Waals surface area contributed by atoms with Crippen LogP contribution in [0.15, 0.2) is 24.3 Å². The molecule has 0 radical (unpaired) electrons. The zero-order chi connectivity index (χ0) is 13.2. The summed E-state index contributed by atoms with van der Waals surface area (Å²) in [6.07, 6.45) is 1.36.